The van der Waals surface area contributed by atoms with Gasteiger partial charge in [-0.3, -0.25) is 9.36 Å². The van der Waals surface area contributed by atoms with Gasteiger partial charge in [-0.25, -0.2) is 15.0 Å². The molecule has 2 aromatic heterocycles. The Bertz CT molecular complexity index is 1030. The number of anilines is 1. The number of carbonyl (C=O) groups excluding carboxylic acids is 1. The molecule has 0 fully saturated rings. The van der Waals surface area contributed by atoms with E-state index in [9.17, 15) is 4.79 Å². The molecule has 0 aliphatic heterocycles. The monoisotopic (exact) mass is 355 g/mol. The van der Waals surface area contributed by atoms with E-state index < -0.39 is 0 Å². The number of imidazole rings is 1. The Hall–Kier alpha value is -3.80. The molecule has 4 rings (SSSR count). The van der Waals surface area contributed by atoms with Crippen LogP contribution in [0, 0.1) is 0 Å². The molecule has 2 aromatic carbocycles. The molecule has 27 heavy (non-hydrogen) atoms. The molecule has 2 heterocycles. The lowest BCUT2D eigenvalue weighted by Crippen LogP contribution is -2.15. The number of rotatable bonds is 5. The third-order valence-corrected chi connectivity index (χ3v) is 4.11. The van der Waals surface area contributed by atoms with Crippen LogP contribution in [0.3, 0.4) is 0 Å². The van der Waals surface area contributed by atoms with Gasteiger partial charge in [-0.15, -0.1) is 0 Å². The molecule has 0 bridgehead atoms. The Kier molecular flexibility index (Phi) is 4.70. The fraction of sp³-hybridized carbons (Fsp3) is 0.0476. The highest BCUT2D eigenvalue weighted by molar-refractivity contribution is 5.91. The zero-order valence-corrected chi connectivity index (χ0v) is 14.5. The Balaban J connectivity index is 1.42. The quantitative estimate of drug-likeness (QED) is 0.595. The van der Waals surface area contributed by atoms with Gasteiger partial charge in [0.25, 0.3) is 0 Å². The van der Waals surface area contributed by atoms with Crippen LogP contribution >= 0.6 is 0 Å². The van der Waals surface area contributed by atoms with E-state index >= 15 is 0 Å². The zero-order chi connectivity index (χ0) is 18.5. The molecule has 0 aliphatic rings. The summed E-state index contributed by atoms with van der Waals surface area (Å²) in [7, 11) is 0. The van der Waals surface area contributed by atoms with Crippen molar-refractivity contribution in [1.82, 2.24) is 19.5 Å². The molecule has 0 saturated carbocycles. The second-order valence-corrected chi connectivity index (χ2v) is 6.02. The molecular formula is C21H17N5O. The summed E-state index contributed by atoms with van der Waals surface area (Å²) in [6.07, 6.45) is 6.78. The van der Waals surface area contributed by atoms with E-state index in [0.29, 0.717) is 11.6 Å². The van der Waals surface area contributed by atoms with E-state index in [0.717, 1.165) is 16.7 Å². The second kappa shape index (κ2) is 7.61. The van der Waals surface area contributed by atoms with Crippen molar-refractivity contribution in [3.8, 4) is 16.9 Å². The minimum Gasteiger partial charge on any atom is -0.310 e. The summed E-state index contributed by atoms with van der Waals surface area (Å²) in [4.78, 5) is 24.6. The number of hydrogen-bond donors (Lipinski definition) is 1. The van der Waals surface area contributed by atoms with Crippen LogP contribution in [0.25, 0.3) is 16.9 Å². The van der Waals surface area contributed by atoms with Gasteiger partial charge in [0.1, 0.15) is 24.3 Å². The SMILES string of the molecule is O=C(Cc1ccc(-c2ccccc2)cc1)Nc1cc(-n2ccnc2)ncn1. The van der Waals surface area contributed by atoms with Crippen LogP contribution in [0.1, 0.15) is 5.56 Å². The summed E-state index contributed by atoms with van der Waals surface area (Å²) in [6, 6.07) is 19.8. The molecule has 132 valence electrons. The van der Waals surface area contributed by atoms with Crippen LogP contribution in [0.15, 0.2) is 85.7 Å². The maximum absolute atomic E-state index is 12.3. The van der Waals surface area contributed by atoms with Gasteiger partial charge >= 0.3 is 0 Å². The summed E-state index contributed by atoms with van der Waals surface area (Å²) in [5, 5.41) is 2.82. The third-order valence-electron chi connectivity index (χ3n) is 4.11. The summed E-state index contributed by atoms with van der Waals surface area (Å²) in [6.45, 7) is 0. The van der Waals surface area contributed by atoms with Gasteiger partial charge in [-0.2, -0.15) is 0 Å². The molecule has 0 unspecified atom stereocenters. The van der Waals surface area contributed by atoms with Crippen molar-refractivity contribution in [1.29, 1.82) is 0 Å². The van der Waals surface area contributed by atoms with Crippen molar-refractivity contribution in [3.63, 3.8) is 0 Å². The molecule has 6 heteroatoms. The van der Waals surface area contributed by atoms with E-state index in [4.69, 9.17) is 0 Å². The van der Waals surface area contributed by atoms with Gasteiger partial charge in [-0.1, -0.05) is 54.6 Å². The van der Waals surface area contributed by atoms with E-state index in [1.54, 1.807) is 29.4 Å². The van der Waals surface area contributed by atoms with Crippen LogP contribution in [-0.4, -0.2) is 25.4 Å². The molecule has 0 saturated heterocycles. The number of amides is 1. The minimum absolute atomic E-state index is 0.127. The van der Waals surface area contributed by atoms with Crippen molar-refractivity contribution >= 4 is 11.7 Å². The first-order valence-corrected chi connectivity index (χ1v) is 8.52. The smallest absolute Gasteiger partial charge is 0.229 e. The van der Waals surface area contributed by atoms with Gasteiger partial charge in [0.15, 0.2) is 0 Å². The molecule has 0 spiro atoms. The zero-order valence-electron chi connectivity index (χ0n) is 14.5. The lowest BCUT2D eigenvalue weighted by atomic mass is 10.0. The van der Waals surface area contributed by atoms with Crippen molar-refractivity contribution in [2.45, 2.75) is 6.42 Å². The first kappa shape index (κ1) is 16.7. The summed E-state index contributed by atoms with van der Waals surface area (Å²) < 4.78 is 1.75. The van der Waals surface area contributed by atoms with Crippen LogP contribution in [-0.2, 0) is 11.2 Å². The molecule has 0 aliphatic carbocycles. The second-order valence-electron chi connectivity index (χ2n) is 6.02. The van der Waals surface area contributed by atoms with Crippen molar-refractivity contribution in [2.75, 3.05) is 5.32 Å². The topological polar surface area (TPSA) is 72.7 Å². The predicted octanol–water partition coefficient (Wildman–Crippen LogP) is 3.51. The van der Waals surface area contributed by atoms with Gasteiger partial charge in [-0.05, 0) is 16.7 Å². The largest absolute Gasteiger partial charge is 0.310 e. The van der Waals surface area contributed by atoms with Crippen molar-refractivity contribution in [3.05, 3.63) is 91.3 Å². The average Bonchev–Trinajstić information content (AvgIpc) is 3.24. The van der Waals surface area contributed by atoms with Gasteiger partial charge in [0.2, 0.25) is 5.91 Å². The molecule has 6 nitrogen and oxygen atoms in total. The average molecular weight is 355 g/mol. The normalized spacial score (nSPS) is 10.5. The highest BCUT2D eigenvalue weighted by atomic mass is 16.1. The number of nitrogens with one attached hydrogen (secondary N) is 1. The Morgan fingerprint density at radius 3 is 2.48 bits per heavy atom. The number of aromatic nitrogens is 4. The summed E-state index contributed by atoms with van der Waals surface area (Å²) in [5.74, 6) is 0.974. The molecule has 4 aromatic rings. The minimum atomic E-state index is -0.127. The fourth-order valence-electron chi connectivity index (χ4n) is 2.77. The first-order chi connectivity index (χ1) is 13.3. The van der Waals surface area contributed by atoms with Gasteiger partial charge in [0.05, 0.1) is 6.42 Å². The maximum Gasteiger partial charge on any atom is 0.229 e. The van der Waals surface area contributed by atoms with Crippen LogP contribution in [0.4, 0.5) is 5.82 Å². The molecule has 0 radical (unpaired) electrons. The molecule has 0 atom stereocenters. The Morgan fingerprint density at radius 1 is 0.963 bits per heavy atom. The highest BCUT2D eigenvalue weighted by Crippen LogP contribution is 2.19. The van der Waals surface area contributed by atoms with E-state index in [1.807, 2.05) is 42.5 Å². The number of hydrogen-bond acceptors (Lipinski definition) is 4. The Labute approximate surface area is 156 Å². The lowest BCUT2D eigenvalue weighted by molar-refractivity contribution is -0.115. The number of nitrogens with zero attached hydrogens (tertiary/aromatic N) is 4. The van der Waals surface area contributed by atoms with E-state index in [1.165, 1.54) is 6.33 Å². The summed E-state index contributed by atoms with van der Waals surface area (Å²) >= 11 is 0. The number of benzene rings is 2. The first-order valence-electron chi connectivity index (χ1n) is 8.52. The molecule has 1 N–H and O–H groups in total. The third kappa shape index (κ3) is 4.07. The van der Waals surface area contributed by atoms with E-state index in [-0.39, 0.29) is 12.3 Å². The van der Waals surface area contributed by atoms with Crippen LogP contribution in [0.5, 0.6) is 0 Å². The fourth-order valence-corrected chi connectivity index (χ4v) is 2.77. The van der Waals surface area contributed by atoms with Crippen LogP contribution < -0.4 is 5.32 Å². The lowest BCUT2D eigenvalue weighted by Gasteiger charge is -2.07. The van der Waals surface area contributed by atoms with Crippen molar-refractivity contribution in [2.24, 2.45) is 0 Å². The van der Waals surface area contributed by atoms with Crippen LogP contribution in [0.2, 0.25) is 0 Å². The van der Waals surface area contributed by atoms with Gasteiger partial charge in [0, 0.05) is 18.5 Å². The van der Waals surface area contributed by atoms with Gasteiger partial charge < -0.3 is 5.32 Å². The number of carbonyl (C=O) groups is 1. The van der Waals surface area contributed by atoms with Crippen molar-refractivity contribution < 1.29 is 4.79 Å². The summed E-state index contributed by atoms with van der Waals surface area (Å²) in [5.41, 5.74) is 3.22. The predicted molar refractivity (Wildman–Crippen MR) is 103 cm³/mol. The highest BCUT2D eigenvalue weighted by Gasteiger charge is 2.07. The molecule has 1 amide bonds. The standard InChI is InChI=1S/C21H17N5O/c27-21(25-19-13-20(24-14-23-19)26-11-10-22-15-26)12-16-6-8-18(9-7-16)17-4-2-1-3-5-17/h1-11,13-15H,12H2,(H,23,24,25,27). The van der Waals surface area contributed by atoms with E-state index in [2.05, 4.69) is 32.4 Å². The maximum atomic E-state index is 12.3. The Morgan fingerprint density at radius 2 is 1.74 bits per heavy atom. The molecular weight excluding hydrogens is 338 g/mol.